The summed E-state index contributed by atoms with van der Waals surface area (Å²) in [4.78, 5) is 4.45. The molecule has 5 heteroatoms. The van der Waals surface area contributed by atoms with Crippen LogP contribution in [-0.2, 0) is 0 Å². The molecule has 3 atom stereocenters. The third-order valence-electron chi connectivity index (χ3n) is 4.03. The minimum atomic E-state index is -0.448. The molecule has 2 N–H and O–H groups in total. The largest absolute Gasteiger partial charge is 0.392 e. The lowest BCUT2D eigenvalue weighted by atomic mass is 10.1. The summed E-state index contributed by atoms with van der Waals surface area (Å²) in [6, 6.07) is 8.18. The van der Waals surface area contributed by atoms with E-state index in [4.69, 9.17) is 0 Å². The van der Waals surface area contributed by atoms with E-state index in [0.29, 0.717) is 19.0 Å². The highest BCUT2D eigenvalue weighted by Crippen LogP contribution is 2.23. The van der Waals surface area contributed by atoms with Gasteiger partial charge in [0.25, 0.3) is 0 Å². The molecule has 0 aromatic heterocycles. The molecule has 118 valence electrons. The van der Waals surface area contributed by atoms with Crippen molar-refractivity contribution in [3.8, 4) is 0 Å². The topological polar surface area (TPSA) is 46.9 Å². The lowest BCUT2D eigenvalue weighted by Crippen LogP contribution is -2.38. The first-order chi connectivity index (χ1) is 9.95. The van der Waals surface area contributed by atoms with E-state index in [9.17, 15) is 10.2 Å². The molecule has 1 aliphatic rings. The monoisotopic (exact) mass is 356 g/mol. The number of likely N-dealkylation sites (N-methyl/N-ethyl adjacent to an activating group) is 1. The molecule has 1 aromatic rings. The lowest BCUT2D eigenvalue weighted by molar-refractivity contribution is 0.125. The molecule has 21 heavy (non-hydrogen) atoms. The van der Waals surface area contributed by atoms with Gasteiger partial charge < -0.3 is 15.1 Å². The maximum atomic E-state index is 10.3. The van der Waals surface area contributed by atoms with Crippen molar-refractivity contribution in [3.63, 3.8) is 0 Å². The summed E-state index contributed by atoms with van der Waals surface area (Å²) in [6.45, 7) is 2.48. The highest BCUT2D eigenvalue weighted by Gasteiger charge is 2.31. The summed E-state index contributed by atoms with van der Waals surface area (Å²) in [5.41, 5.74) is 0.946. The minimum Gasteiger partial charge on any atom is -0.392 e. The lowest BCUT2D eigenvalue weighted by Gasteiger charge is -2.27. The molecular weight excluding hydrogens is 332 g/mol. The van der Waals surface area contributed by atoms with Crippen molar-refractivity contribution in [1.82, 2.24) is 9.80 Å². The zero-order chi connectivity index (χ0) is 15.4. The van der Waals surface area contributed by atoms with E-state index in [0.717, 1.165) is 29.5 Å². The van der Waals surface area contributed by atoms with Gasteiger partial charge in [-0.1, -0.05) is 28.1 Å². The molecule has 0 bridgehead atoms. The van der Waals surface area contributed by atoms with Gasteiger partial charge >= 0.3 is 0 Å². The maximum absolute atomic E-state index is 10.3. The standard InChI is InChI=1S/C16H25BrN2O2/c1-18(2)10-14-9-15(20)11-19(14)8-7-16(21)12-3-5-13(17)6-4-12/h3-6,14-16,20-21H,7-11H2,1-2H3. The van der Waals surface area contributed by atoms with Crippen LogP contribution in [0.15, 0.2) is 28.7 Å². The number of aliphatic hydroxyl groups is 2. The first-order valence-corrected chi connectivity index (χ1v) is 8.25. The Bertz CT molecular complexity index is 438. The average molecular weight is 357 g/mol. The fourth-order valence-corrected chi connectivity index (χ4v) is 3.25. The van der Waals surface area contributed by atoms with Gasteiger partial charge in [-0.05, 0) is 44.6 Å². The van der Waals surface area contributed by atoms with E-state index in [-0.39, 0.29) is 6.10 Å². The van der Waals surface area contributed by atoms with Crippen LogP contribution in [0.3, 0.4) is 0 Å². The summed E-state index contributed by atoms with van der Waals surface area (Å²) in [5.74, 6) is 0. The van der Waals surface area contributed by atoms with Crippen LogP contribution < -0.4 is 0 Å². The summed E-state index contributed by atoms with van der Waals surface area (Å²) < 4.78 is 1.02. The second-order valence-corrected chi connectivity index (χ2v) is 7.07. The third-order valence-corrected chi connectivity index (χ3v) is 4.55. The molecule has 1 aromatic carbocycles. The second kappa shape index (κ2) is 7.70. The normalized spacial score (nSPS) is 24.7. The highest BCUT2D eigenvalue weighted by atomic mass is 79.9. The number of benzene rings is 1. The zero-order valence-electron chi connectivity index (χ0n) is 12.7. The van der Waals surface area contributed by atoms with Crippen LogP contribution >= 0.6 is 15.9 Å². The zero-order valence-corrected chi connectivity index (χ0v) is 14.3. The van der Waals surface area contributed by atoms with Crippen LogP contribution in [0.4, 0.5) is 0 Å². The number of rotatable bonds is 6. The first kappa shape index (κ1) is 16.9. The van der Waals surface area contributed by atoms with Gasteiger partial charge in [0.15, 0.2) is 0 Å². The van der Waals surface area contributed by atoms with Crippen molar-refractivity contribution >= 4 is 15.9 Å². The van der Waals surface area contributed by atoms with Crippen molar-refractivity contribution in [2.24, 2.45) is 0 Å². The van der Waals surface area contributed by atoms with Gasteiger partial charge in [-0.3, -0.25) is 4.90 Å². The van der Waals surface area contributed by atoms with Gasteiger partial charge in [0.05, 0.1) is 12.2 Å². The first-order valence-electron chi connectivity index (χ1n) is 7.46. The maximum Gasteiger partial charge on any atom is 0.0802 e. The number of hydrogen-bond acceptors (Lipinski definition) is 4. The van der Waals surface area contributed by atoms with Crippen molar-refractivity contribution in [3.05, 3.63) is 34.3 Å². The number of halogens is 1. The number of likely N-dealkylation sites (tertiary alicyclic amines) is 1. The number of hydrogen-bond donors (Lipinski definition) is 2. The Morgan fingerprint density at radius 2 is 2.00 bits per heavy atom. The SMILES string of the molecule is CN(C)CC1CC(O)CN1CCC(O)c1ccc(Br)cc1. The van der Waals surface area contributed by atoms with Gasteiger partial charge in [0.2, 0.25) is 0 Å². The van der Waals surface area contributed by atoms with E-state index < -0.39 is 6.10 Å². The van der Waals surface area contributed by atoms with Crippen LogP contribution in [0.2, 0.25) is 0 Å². The molecule has 4 nitrogen and oxygen atoms in total. The molecule has 0 saturated carbocycles. The average Bonchev–Trinajstić information content (AvgIpc) is 2.76. The van der Waals surface area contributed by atoms with Crippen LogP contribution in [0.1, 0.15) is 24.5 Å². The molecule has 3 unspecified atom stereocenters. The molecule has 1 aliphatic heterocycles. The van der Waals surface area contributed by atoms with Crippen molar-refractivity contribution < 1.29 is 10.2 Å². The Hall–Kier alpha value is -0.460. The molecule has 1 heterocycles. The van der Waals surface area contributed by atoms with Crippen LogP contribution in [0.25, 0.3) is 0 Å². The Balaban J connectivity index is 1.87. The Morgan fingerprint density at radius 3 is 2.62 bits per heavy atom. The van der Waals surface area contributed by atoms with Gasteiger partial charge in [0.1, 0.15) is 0 Å². The molecule has 0 spiro atoms. The van der Waals surface area contributed by atoms with Crippen molar-refractivity contribution in [2.45, 2.75) is 31.1 Å². The van der Waals surface area contributed by atoms with Crippen LogP contribution in [0.5, 0.6) is 0 Å². The summed E-state index contributed by atoms with van der Waals surface area (Å²) in [7, 11) is 4.11. The van der Waals surface area contributed by atoms with E-state index in [1.54, 1.807) is 0 Å². The van der Waals surface area contributed by atoms with Crippen molar-refractivity contribution in [2.75, 3.05) is 33.7 Å². The number of nitrogens with zero attached hydrogens (tertiary/aromatic N) is 2. The second-order valence-electron chi connectivity index (χ2n) is 6.16. The Labute approximate surface area is 135 Å². The van der Waals surface area contributed by atoms with Gasteiger partial charge in [0, 0.05) is 30.1 Å². The van der Waals surface area contributed by atoms with E-state index in [1.165, 1.54) is 0 Å². The Kier molecular flexibility index (Phi) is 6.20. The molecule has 1 saturated heterocycles. The minimum absolute atomic E-state index is 0.236. The van der Waals surface area contributed by atoms with Crippen LogP contribution in [0, 0.1) is 0 Å². The molecular formula is C16H25BrN2O2. The van der Waals surface area contributed by atoms with Crippen molar-refractivity contribution in [1.29, 1.82) is 0 Å². The van der Waals surface area contributed by atoms with E-state index >= 15 is 0 Å². The predicted molar refractivity (Wildman–Crippen MR) is 88.3 cm³/mol. The molecule has 0 amide bonds. The predicted octanol–water partition coefficient (Wildman–Crippen LogP) is 1.87. The van der Waals surface area contributed by atoms with E-state index in [1.807, 2.05) is 24.3 Å². The number of aliphatic hydroxyl groups excluding tert-OH is 2. The summed E-state index contributed by atoms with van der Waals surface area (Å²) in [6.07, 6.45) is 0.834. The quantitative estimate of drug-likeness (QED) is 0.816. The van der Waals surface area contributed by atoms with Gasteiger partial charge in [-0.15, -0.1) is 0 Å². The number of β-amino-alcohol motifs (C(OH)–C–C–N with tert-alkyl or cyclic N) is 1. The van der Waals surface area contributed by atoms with Crippen LogP contribution in [-0.4, -0.2) is 65.9 Å². The molecule has 0 radical (unpaired) electrons. The fourth-order valence-electron chi connectivity index (χ4n) is 2.98. The van der Waals surface area contributed by atoms with E-state index in [2.05, 4.69) is 39.8 Å². The fraction of sp³-hybridized carbons (Fsp3) is 0.625. The Morgan fingerprint density at radius 1 is 1.33 bits per heavy atom. The highest BCUT2D eigenvalue weighted by molar-refractivity contribution is 9.10. The third kappa shape index (κ3) is 5.04. The molecule has 0 aliphatic carbocycles. The van der Waals surface area contributed by atoms with Gasteiger partial charge in [-0.2, -0.15) is 0 Å². The molecule has 2 rings (SSSR count). The molecule has 1 fully saturated rings. The summed E-state index contributed by atoms with van der Waals surface area (Å²) >= 11 is 3.40. The smallest absolute Gasteiger partial charge is 0.0802 e. The van der Waals surface area contributed by atoms with Gasteiger partial charge in [-0.25, -0.2) is 0 Å². The summed E-state index contributed by atoms with van der Waals surface area (Å²) in [5, 5.41) is 20.2.